The summed E-state index contributed by atoms with van der Waals surface area (Å²) in [6.07, 6.45) is 4.63. The molecule has 54 valence electrons. The molecular weight excluding hydrogens is 142 g/mol. The molecule has 0 aliphatic carbocycles. The van der Waals surface area contributed by atoms with Crippen LogP contribution in [0, 0.1) is 0 Å². The molecule has 0 aromatic carbocycles. The molecule has 2 aliphatic rings. The Morgan fingerprint density at radius 1 is 1.18 bits per heavy atom. The number of hydrogen-bond donors (Lipinski definition) is 1. The second kappa shape index (κ2) is 2.12. The topological polar surface area (TPSA) is 77.6 Å². The first-order valence-corrected chi connectivity index (χ1v) is 3.06. The standard InChI is InChI=1S/C6H5N5/c7-6-5-4(3-10-11-5)8-1-2-9-6/h1-3H,(H2,7,9). The molecule has 0 atom stereocenters. The minimum atomic E-state index is 0.356. The molecule has 2 aliphatic heterocycles. The molecule has 5 nitrogen and oxygen atoms in total. The second-order valence-electron chi connectivity index (χ2n) is 2.02. The number of nitrogens with zero attached hydrogens (tertiary/aromatic N) is 4. The van der Waals surface area contributed by atoms with Crippen LogP contribution in [-0.2, 0) is 0 Å². The van der Waals surface area contributed by atoms with E-state index in [1.54, 1.807) is 12.4 Å². The van der Waals surface area contributed by atoms with Gasteiger partial charge in [0, 0.05) is 12.4 Å². The van der Waals surface area contributed by atoms with E-state index in [0.29, 0.717) is 17.2 Å². The van der Waals surface area contributed by atoms with Gasteiger partial charge in [-0.3, -0.25) is 4.98 Å². The van der Waals surface area contributed by atoms with E-state index in [1.807, 2.05) is 0 Å². The van der Waals surface area contributed by atoms with E-state index >= 15 is 0 Å². The van der Waals surface area contributed by atoms with Crippen LogP contribution in [0.4, 0.5) is 5.82 Å². The molecule has 2 N–H and O–H groups in total. The maximum absolute atomic E-state index is 5.53. The maximum Gasteiger partial charge on any atom is 0.155 e. The zero-order chi connectivity index (χ0) is 7.68. The molecule has 0 aromatic heterocycles. The number of rotatable bonds is 0. The van der Waals surface area contributed by atoms with Gasteiger partial charge in [-0.1, -0.05) is 0 Å². The van der Waals surface area contributed by atoms with E-state index in [4.69, 9.17) is 5.73 Å². The Balaban J connectivity index is 2.78. The third-order valence-corrected chi connectivity index (χ3v) is 1.32. The largest absolute Gasteiger partial charge is 0.382 e. The highest BCUT2D eigenvalue weighted by atomic mass is 15.1. The summed E-state index contributed by atoms with van der Waals surface area (Å²) >= 11 is 0. The van der Waals surface area contributed by atoms with Crippen molar-refractivity contribution in [2.45, 2.75) is 0 Å². The molecule has 5 heteroatoms. The van der Waals surface area contributed by atoms with Crippen LogP contribution < -0.4 is 5.73 Å². The first kappa shape index (κ1) is 5.96. The van der Waals surface area contributed by atoms with Gasteiger partial charge in [0.1, 0.15) is 5.69 Å². The Bertz CT molecular complexity index is 347. The van der Waals surface area contributed by atoms with Gasteiger partial charge in [0.05, 0.1) is 6.20 Å². The van der Waals surface area contributed by atoms with Crippen molar-refractivity contribution in [2.75, 3.05) is 5.73 Å². The van der Waals surface area contributed by atoms with E-state index < -0.39 is 0 Å². The van der Waals surface area contributed by atoms with Crippen molar-refractivity contribution in [3.63, 3.8) is 0 Å². The number of anilines is 1. The average Bonchev–Trinajstić information content (AvgIpc) is 2.40. The number of nitrogens with two attached hydrogens (primary N) is 1. The van der Waals surface area contributed by atoms with Gasteiger partial charge >= 0.3 is 0 Å². The quantitative estimate of drug-likeness (QED) is 0.565. The second-order valence-corrected chi connectivity index (χ2v) is 2.02. The molecule has 0 spiro atoms. The summed E-state index contributed by atoms with van der Waals surface area (Å²) in [5.41, 5.74) is 6.74. The number of aromatic nitrogens is 4. The molecule has 0 aromatic rings. The van der Waals surface area contributed by atoms with Gasteiger partial charge in [-0.15, -0.1) is 5.10 Å². The smallest absolute Gasteiger partial charge is 0.155 e. The summed E-state index contributed by atoms with van der Waals surface area (Å²) in [6, 6.07) is 0. The van der Waals surface area contributed by atoms with Crippen molar-refractivity contribution in [2.24, 2.45) is 0 Å². The van der Waals surface area contributed by atoms with Crippen molar-refractivity contribution in [1.82, 2.24) is 20.2 Å². The van der Waals surface area contributed by atoms with Crippen LogP contribution in [0.25, 0.3) is 11.4 Å². The highest BCUT2D eigenvalue weighted by Crippen LogP contribution is 2.17. The first-order valence-electron chi connectivity index (χ1n) is 3.06. The lowest BCUT2D eigenvalue weighted by Crippen LogP contribution is -1.90. The predicted molar refractivity (Wildman–Crippen MR) is 38.7 cm³/mol. The lowest BCUT2D eigenvalue weighted by atomic mass is 10.3. The number of hydrogen-bond acceptors (Lipinski definition) is 5. The molecule has 0 fully saturated rings. The molecule has 11 heavy (non-hydrogen) atoms. The summed E-state index contributed by atoms with van der Waals surface area (Å²) in [6.45, 7) is 0. The van der Waals surface area contributed by atoms with Crippen LogP contribution in [0.1, 0.15) is 0 Å². The molecule has 2 rings (SSSR count). The Morgan fingerprint density at radius 3 is 2.91 bits per heavy atom. The van der Waals surface area contributed by atoms with Crippen LogP contribution >= 0.6 is 0 Å². The third-order valence-electron chi connectivity index (χ3n) is 1.32. The fourth-order valence-corrected chi connectivity index (χ4v) is 0.819. The predicted octanol–water partition coefficient (Wildman–Crippen LogP) is -0.0464. The van der Waals surface area contributed by atoms with E-state index in [2.05, 4.69) is 20.2 Å². The summed E-state index contributed by atoms with van der Waals surface area (Å²) in [4.78, 5) is 7.85. The summed E-state index contributed by atoms with van der Waals surface area (Å²) < 4.78 is 0. The zero-order valence-electron chi connectivity index (χ0n) is 5.60. The highest BCUT2D eigenvalue weighted by Gasteiger charge is 2.07. The van der Waals surface area contributed by atoms with Crippen LogP contribution in [0.3, 0.4) is 0 Å². The van der Waals surface area contributed by atoms with Crippen LogP contribution in [0.5, 0.6) is 0 Å². The summed E-state index contributed by atoms with van der Waals surface area (Å²) in [5, 5.41) is 7.42. The van der Waals surface area contributed by atoms with Crippen molar-refractivity contribution in [3.8, 4) is 11.4 Å². The fraction of sp³-hybridized carbons (Fsp3) is 0. The molecule has 0 radical (unpaired) electrons. The Kier molecular flexibility index (Phi) is 1.15. The molecule has 0 unspecified atom stereocenters. The minimum Gasteiger partial charge on any atom is -0.382 e. The zero-order valence-corrected chi connectivity index (χ0v) is 5.60. The summed E-state index contributed by atoms with van der Waals surface area (Å²) in [5.74, 6) is 0.356. The minimum absolute atomic E-state index is 0.356. The monoisotopic (exact) mass is 147 g/mol. The van der Waals surface area contributed by atoms with Crippen molar-refractivity contribution in [3.05, 3.63) is 18.6 Å². The Hall–Kier alpha value is -1.78. The van der Waals surface area contributed by atoms with Gasteiger partial charge in [-0.25, -0.2) is 4.98 Å². The molecule has 0 bridgehead atoms. The number of fused-ring (bicyclic) bond motifs is 1. The van der Waals surface area contributed by atoms with Crippen LogP contribution in [-0.4, -0.2) is 20.2 Å². The SMILES string of the molecule is Nc1nccnc2cnnc1-2. The van der Waals surface area contributed by atoms with E-state index in [0.717, 1.165) is 0 Å². The van der Waals surface area contributed by atoms with Crippen molar-refractivity contribution in [1.29, 1.82) is 0 Å². The molecular formula is C6H5N5. The third kappa shape index (κ3) is 0.861. The summed E-state index contributed by atoms with van der Waals surface area (Å²) in [7, 11) is 0. The Labute approximate surface area is 62.7 Å². The van der Waals surface area contributed by atoms with Gasteiger partial charge in [-0.05, 0) is 0 Å². The van der Waals surface area contributed by atoms with Crippen LogP contribution in [0.15, 0.2) is 18.6 Å². The molecule has 2 heterocycles. The fourth-order valence-electron chi connectivity index (χ4n) is 0.819. The van der Waals surface area contributed by atoms with Crippen molar-refractivity contribution < 1.29 is 0 Å². The maximum atomic E-state index is 5.53. The molecule has 0 amide bonds. The van der Waals surface area contributed by atoms with Gasteiger partial charge in [-0.2, -0.15) is 5.10 Å². The van der Waals surface area contributed by atoms with Gasteiger partial charge in [0.2, 0.25) is 0 Å². The number of nitrogen functional groups attached to an aromatic ring is 1. The molecule has 0 saturated carbocycles. The van der Waals surface area contributed by atoms with E-state index in [1.165, 1.54) is 6.20 Å². The lowest BCUT2D eigenvalue weighted by Gasteiger charge is -1.87. The lowest BCUT2D eigenvalue weighted by molar-refractivity contribution is 1.10. The average molecular weight is 147 g/mol. The normalized spacial score (nSPS) is 10.2. The molecule has 0 saturated heterocycles. The van der Waals surface area contributed by atoms with E-state index in [-0.39, 0.29) is 0 Å². The Morgan fingerprint density at radius 2 is 2.00 bits per heavy atom. The van der Waals surface area contributed by atoms with Crippen LogP contribution in [0.2, 0.25) is 0 Å². The van der Waals surface area contributed by atoms with Gasteiger partial charge < -0.3 is 5.73 Å². The highest BCUT2D eigenvalue weighted by molar-refractivity contribution is 5.65. The van der Waals surface area contributed by atoms with Gasteiger partial charge in [0.25, 0.3) is 0 Å². The van der Waals surface area contributed by atoms with Crippen molar-refractivity contribution >= 4 is 5.82 Å². The van der Waals surface area contributed by atoms with Gasteiger partial charge in [0.15, 0.2) is 11.5 Å². The van der Waals surface area contributed by atoms with E-state index in [9.17, 15) is 0 Å². The first-order chi connectivity index (χ1) is 5.38.